The number of nitrogens with zero attached hydrogens (tertiary/aromatic N) is 6. The van der Waals surface area contributed by atoms with Crippen molar-refractivity contribution in [2.75, 3.05) is 18.1 Å². The summed E-state index contributed by atoms with van der Waals surface area (Å²) in [5, 5.41) is 8.58. The van der Waals surface area contributed by atoms with E-state index in [-0.39, 0.29) is 28.8 Å². The molecule has 1 aliphatic rings. The van der Waals surface area contributed by atoms with Gasteiger partial charge >= 0.3 is 0 Å². The van der Waals surface area contributed by atoms with Crippen molar-refractivity contribution in [3.8, 4) is 11.7 Å². The number of rotatable bonds is 7. The first kappa shape index (κ1) is 30.0. The molecule has 0 spiro atoms. The third-order valence-corrected chi connectivity index (χ3v) is 7.81. The average Bonchev–Trinajstić information content (AvgIpc) is 3.47. The largest absolute Gasteiger partial charge is 0.476 e. The van der Waals surface area contributed by atoms with Gasteiger partial charge in [-0.25, -0.2) is 22.8 Å². The highest BCUT2D eigenvalue weighted by atomic mass is 32.2. The number of sulfonamides is 1. The van der Waals surface area contributed by atoms with Crippen LogP contribution in [0.2, 0.25) is 0 Å². The topological polar surface area (TPSA) is 124 Å². The van der Waals surface area contributed by atoms with Gasteiger partial charge in [-0.3, -0.25) is 9.48 Å². The third-order valence-electron chi connectivity index (χ3n) is 6.37. The van der Waals surface area contributed by atoms with Crippen LogP contribution in [0.4, 0.5) is 5.82 Å². The van der Waals surface area contributed by atoms with Crippen molar-refractivity contribution in [1.29, 1.82) is 0 Å². The quantitative estimate of drug-likeness (QED) is 0.433. The van der Waals surface area contributed by atoms with E-state index in [1.165, 1.54) is 10.9 Å². The minimum absolute atomic E-state index is 0. The lowest BCUT2D eigenvalue weighted by atomic mass is 9.97. The molecule has 0 aliphatic carbocycles. The monoisotopic (exact) mass is 558 g/mol. The molecule has 3 aromatic rings. The van der Waals surface area contributed by atoms with Crippen LogP contribution in [0.3, 0.4) is 0 Å². The van der Waals surface area contributed by atoms with E-state index in [0.29, 0.717) is 42.3 Å². The highest BCUT2D eigenvalue weighted by Gasteiger charge is 2.39. The molecule has 4 heterocycles. The second-order valence-corrected chi connectivity index (χ2v) is 13.6. The van der Waals surface area contributed by atoms with Gasteiger partial charge in [0.2, 0.25) is 5.88 Å². The molecule has 1 atom stereocenters. The molecule has 212 valence electrons. The van der Waals surface area contributed by atoms with Crippen LogP contribution in [0.15, 0.2) is 35.5 Å². The third kappa shape index (κ3) is 6.55. The number of amides is 1. The molecule has 1 aliphatic heterocycles. The van der Waals surface area contributed by atoms with Gasteiger partial charge in [0, 0.05) is 45.0 Å². The molecule has 1 saturated heterocycles. The minimum atomic E-state index is -4.14. The van der Waals surface area contributed by atoms with Gasteiger partial charge in [-0.05, 0) is 50.7 Å². The Hall–Kier alpha value is -3.54. The summed E-state index contributed by atoms with van der Waals surface area (Å²) < 4.78 is 37.1. The summed E-state index contributed by atoms with van der Waals surface area (Å²) in [6, 6.07) is 5.00. The lowest BCUT2D eigenvalue weighted by Gasteiger charge is -2.34. The van der Waals surface area contributed by atoms with Gasteiger partial charge in [0.15, 0.2) is 5.82 Å². The summed E-state index contributed by atoms with van der Waals surface area (Å²) in [5.41, 5.74) is 0.164. The first-order chi connectivity index (χ1) is 17.6. The van der Waals surface area contributed by atoms with Crippen LogP contribution >= 0.6 is 0 Å². The van der Waals surface area contributed by atoms with Crippen LogP contribution in [0.25, 0.3) is 5.82 Å². The zero-order chi connectivity index (χ0) is 28.0. The summed E-state index contributed by atoms with van der Waals surface area (Å²) in [5.74, 6) is 0.976. The summed E-state index contributed by atoms with van der Waals surface area (Å²) in [6.45, 7) is 15.3. The van der Waals surface area contributed by atoms with Gasteiger partial charge in [-0.1, -0.05) is 27.7 Å². The van der Waals surface area contributed by atoms with Crippen LogP contribution in [-0.4, -0.2) is 57.6 Å². The first-order valence-electron chi connectivity index (χ1n) is 12.6. The van der Waals surface area contributed by atoms with E-state index in [1.807, 2.05) is 0 Å². The molecule has 1 N–H and O–H groups in total. The number of carbonyl (C=O) groups is 1. The maximum Gasteiger partial charge on any atom is 0.268 e. The highest BCUT2D eigenvalue weighted by molar-refractivity contribution is 7.90. The molecule has 3 aromatic heterocycles. The van der Waals surface area contributed by atoms with E-state index >= 15 is 0 Å². The number of carbonyl (C=O) groups excluding carboxylic acids is 1. The first-order valence-corrected chi connectivity index (χ1v) is 14.1. The molecule has 11 nitrogen and oxygen atoms in total. The molecular weight excluding hydrogens is 518 g/mol. The fraction of sp³-hybridized carbons (Fsp3) is 0.519. The Kier molecular flexibility index (Phi) is 8.12. The fourth-order valence-electron chi connectivity index (χ4n) is 4.78. The molecule has 0 saturated carbocycles. The van der Waals surface area contributed by atoms with Crippen LogP contribution in [0.5, 0.6) is 5.88 Å². The maximum atomic E-state index is 13.4. The standard InChI is InChI=1S/C26H37N7O4S.CH3/c1-17-13-26(6,7)32(14-17)23-19(24(34)30-38(35,36)20-15-31(8)28-18(20)2)9-10-21(27-23)33-12-11-22(29-33)37-16-25(3,4)5;/h9-12,15,17H,13-14,16H2,1-8H3,(H,30,34);1H3/q;+1/t17-;/m0./s1. The SMILES string of the molecule is Cc1nn(C)cc1S(=O)(=O)NC(=O)c1ccc(-n2ccc(OCC(C)(C)C)n2)nc1N1C[C@@H](C)CC1(C)C.[CH3+]. The number of hydrogen-bond acceptors (Lipinski definition) is 8. The number of aryl methyl sites for hydroxylation is 2. The van der Waals surface area contributed by atoms with Gasteiger partial charge < -0.3 is 9.64 Å². The van der Waals surface area contributed by atoms with Crippen LogP contribution in [-0.2, 0) is 17.1 Å². The Morgan fingerprint density at radius 3 is 2.46 bits per heavy atom. The van der Waals surface area contributed by atoms with Crippen molar-refractivity contribution in [3.63, 3.8) is 0 Å². The van der Waals surface area contributed by atoms with Gasteiger partial charge in [-0.15, -0.1) is 5.10 Å². The molecule has 0 unspecified atom stereocenters. The number of nitrogens with one attached hydrogen (secondary N) is 1. The highest BCUT2D eigenvalue weighted by Crippen LogP contribution is 2.37. The van der Waals surface area contributed by atoms with Crippen molar-refractivity contribution in [3.05, 3.63) is 49.3 Å². The van der Waals surface area contributed by atoms with E-state index in [9.17, 15) is 13.2 Å². The molecule has 12 heteroatoms. The number of hydrogen-bond donors (Lipinski definition) is 1. The predicted octanol–water partition coefficient (Wildman–Crippen LogP) is 3.93. The van der Waals surface area contributed by atoms with Gasteiger partial charge in [0.1, 0.15) is 10.7 Å². The number of pyridine rings is 1. The molecule has 1 fully saturated rings. The summed E-state index contributed by atoms with van der Waals surface area (Å²) in [6.07, 6.45) is 4.02. The Morgan fingerprint density at radius 1 is 1.21 bits per heavy atom. The van der Waals surface area contributed by atoms with Gasteiger partial charge in [0.25, 0.3) is 15.9 Å². The zero-order valence-corrected chi connectivity index (χ0v) is 25.1. The van der Waals surface area contributed by atoms with Gasteiger partial charge in [-0.2, -0.15) is 5.10 Å². The molecular formula is C27H40N7O4S+. The van der Waals surface area contributed by atoms with E-state index in [4.69, 9.17) is 9.72 Å². The molecule has 1 amide bonds. The number of aromatic nitrogens is 5. The average molecular weight is 559 g/mol. The Labute approximate surface area is 231 Å². The smallest absolute Gasteiger partial charge is 0.268 e. The van der Waals surface area contributed by atoms with Crippen LogP contribution < -0.4 is 14.4 Å². The summed E-state index contributed by atoms with van der Waals surface area (Å²) >= 11 is 0. The lowest BCUT2D eigenvalue weighted by molar-refractivity contribution is 0.0981. The van der Waals surface area contributed by atoms with Crippen molar-refractivity contribution in [1.82, 2.24) is 29.3 Å². The van der Waals surface area contributed by atoms with Crippen LogP contribution in [0, 0.1) is 25.7 Å². The van der Waals surface area contributed by atoms with Crippen molar-refractivity contribution in [2.45, 2.75) is 65.3 Å². The predicted molar refractivity (Wildman–Crippen MR) is 151 cm³/mol. The van der Waals surface area contributed by atoms with Gasteiger partial charge in [0.05, 0.1) is 17.9 Å². The maximum absolute atomic E-state index is 13.4. The zero-order valence-electron chi connectivity index (χ0n) is 24.3. The summed E-state index contributed by atoms with van der Waals surface area (Å²) in [4.78, 5) is 20.3. The number of ether oxygens (including phenoxy) is 1. The molecule has 0 radical (unpaired) electrons. The molecule has 0 bridgehead atoms. The van der Waals surface area contributed by atoms with Crippen molar-refractivity contribution < 1.29 is 17.9 Å². The Morgan fingerprint density at radius 2 is 1.90 bits per heavy atom. The second kappa shape index (κ2) is 10.6. The fourth-order valence-corrected chi connectivity index (χ4v) is 5.97. The van der Waals surface area contributed by atoms with E-state index < -0.39 is 15.9 Å². The van der Waals surface area contributed by atoms with Crippen LogP contribution in [0.1, 0.15) is 64.0 Å². The van der Waals surface area contributed by atoms with E-state index in [2.05, 4.69) is 61.4 Å². The Balaban J connectivity index is 0.00000420. The number of anilines is 1. The normalized spacial score (nSPS) is 17.1. The van der Waals surface area contributed by atoms with E-state index in [0.717, 1.165) is 6.42 Å². The van der Waals surface area contributed by atoms with E-state index in [1.54, 1.807) is 43.0 Å². The van der Waals surface area contributed by atoms with Crippen molar-refractivity contribution >= 4 is 21.7 Å². The van der Waals surface area contributed by atoms with Crippen molar-refractivity contribution in [2.24, 2.45) is 18.4 Å². The molecule has 0 aromatic carbocycles. The Bertz CT molecular complexity index is 1450. The summed E-state index contributed by atoms with van der Waals surface area (Å²) in [7, 11) is -2.51. The second-order valence-electron chi connectivity index (χ2n) is 11.9. The minimum Gasteiger partial charge on any atom is -0.476 e. The molecule has 4 rings (SSSR count). The lowest BCUT2D eigenvalue weighted by Crippen LogP contribution is -2.41. The molecule has 39 heavy (non-hydrogen) atoms.